The minimum Gasteiger partial charge on any atom is -0.398 e. The topological polar surface area (TPSA) is 103 Å². The van der Waals surface area contributed by atoms with Crippen LogP contribution in [0.25, 0.3) is 0 Å². The van der Waals surface area contributed by atoms with Crippen LogP contribution < -0.4 is 10.5 Å². The summed E-state index contributed by atoms with van der Waals surface area (Å²) in [4.78, 5) is 3.78. The van der Waals surface area contributed by atoms with Crippen LogP contribution in [0.15, 0.2) is 41.8 Å². The molecule has 2 rings (SSSR count). The summed E-state index contributed by atoms with van der Waals surface area (Å²) in [7, 11) is -3.60. The second kappa shape index (κ2) is 5.81. The van der Waals surface area contributed by atoms with E-state index in [1.807, 2.05) is 12.3 Å². The van der Waals surface area contributed by atoms with Gasteiger partial charge in [0.25, 0.3) is 0 Å². The van der Waals surface area contributed by atoms with Gasteiger partial charge < -0.3 is 5.73 Å². The minimum atomic E-state index is -3.60. The van der Waals surface area contributed by atoms with Gasteiger partial charge in [0.2, 0.25) is 10.0 Å². The van der Waals surface area contributed by atoms with Crippen molar-refractivity contribution in [2.45, 2.75) is 17.9 Å². The fourth-order valence-corrected chi connectivity index (χ4v) is 2.72. The maximum Gasteiger partial charge on any atom is 0.244 e. The van der Waals surface area contributed by atoms with Gasteiger partial charge in [-0.2, -0.15) is 5.10 Å². The number of nitrogens with zero attached hydrogens (tertiary/aromatic N) is 3. The van der Waals surface area contributed by atoms with Crippen molar-refractivity contribution in [3.05, 3.63) is 36.9 Å². The first kappa shape index (κ1) is 13.5. The fourth-order valence-electron chi connectivity index (χ4n) is 1.57. The van der Waals surface area contributed by atoms with Crippen LogP contribution in [0.1, 0.15) is 6.42 Å². The standard InChI is InChI=1S/C11H15N5O2S/c12-10-3-6-13-9-11(10)19(17,18)15-5-2-8-16-7-1-4-14-16/h1,3-4,6-7,9,15H,2,5,8H2,(H2,12,13). The highest BCUT2D eigenvalue weighted by molar-refractivity contribution is 7.89. The van der Waals surface area contributed by atoms with E-state index in [9.17, 15) is 8.42 Å². The Balaban J connectivity index is 1.90. The van der Waals surface area contributed by atoms with E-state index in [1.54, 1.807) is 10.9 Å². The monoisotopic (exact) mass is 281 g/mol. The van der Waals surface area contributed by atoms with Crippen molar-refractivity contribution in [3.63, 3.8) is 0 Å². The number of nitrogens with two attached hydrogens (primary N) is 1. The molecule has 102 valence electrons. The molecule has 8 heteroatoms. The lowest BCUT2D eigenvalue weighted by Crippen LogP contribution is -2.26. The van der Waals surface area contributed by atoms with E-state index >= 15 is 0 Å². The molecule has 0 aromatic carbocycles. The second-order valence-electron chi connectivity index (χ2n) is 3.93. The van der Waals surface area contributed by atoms with E-state index in [1.165, 1.54) is 18.5 Å². The van der Waals surface area contributed by atoms with Gasteiger partial charge in [-0.3, -0.25) is 9.67 Å². The number of pyridine rings is 1. The lowest BCUT2D eigenvalue weighted by atomic mass is 10.4. The molecular formula is C11H15N5O2S. The maximum atomic E-state index is 12.0. The molecule has 0 saturated heterocycles. The van der Waals surface area contributed by atoms with Crippen LogP contribution in [0.4, 0.5) is 5.69 Å². The molecule has 3 N–H and O–H groups in total. The number of anilines is 1. The molecule has 0 atom stereocenters. The molecule has 0 aliphatic rings. The summed E-state index contributed by atoms with van der Waals surface area (Å²) in [6, 6.07) is 3.28. The van der Waals surface area contributed by atoms with Crippen LogP contribution in [0, 0.1) is 0 Å². The third-order valence-electron chi connectivity index (χ3n) is 2.52. The summed E-state index contributed by atoms with van der Waals surface area (Å²) in [6.07, 6.45) is 6.84. The first-order valence-electron chi connectivity index (χ1n) is 5.76. The van der Waals surface area contributed by atoms with E-state index < -0.39 is 10.0 Å². The number of hydrogen-bond acceptors (Lipinski definition) is 5. The molecule has 0 saturated carbocycles. The third kappa shape index (κ3) is 3.52. The van der Waals surface area contributed by atoms with E-state index in [0.29, 0.717) is 19.5 Å². The van der Waals surface area contributed by atoms with Crippen molar-refractivity contribution in [1.82, 2.24) is 19.5 Å². The Labute approximate surface area is 111 Å². The van der Waals surface area contributed by atoms with Crippen LogP contribution in [0.3, 0.4) is 0 Å². The van der Waals surface area contributed by atoms with Gasteiger partial charge in [-0.1, -0.05) is 0 Å². The normalized spacial score (nSPS) is 11.6. The highest BCUT2D eigenvalue weighted by Gasteiger charge is 2.16. The van der Waals surface area contributed by atoms with Gasteiger partial charge in [-0.25, -0.2) is 13.1 Å². The quantitative estimate of drug-likeness (QED) is 0.738. The van der Waals surface area contributed by atoms with E-state index in [0.717, 1.165) is 0 Å². The number of sulfonamides is 1. The van der Waals surface area contributed by atoms with Crippen LogP contribution in [0.5, 0.6) is 0 Å². The van der Waals surface area contributed by atoms with Gasteiger partial charge in [0.05, 0.1) is 5.69 Å². The molecule has 0 radical (unpaired) electrons. The summed E-state index contributed by atoms with van der Waals surface area (Å²) in [5.74, 6) is 0. The van der Waals surface area contributed by atoms with Crippen molar-refractivity contribution in [3.8, 4) is 0 Å². The Bertz CT molecular complexity index is 624. The van der Waals surface area contributed by atoms with Gasteiger partial charge >= 0.3 is 0 Å². The minimum absolute atomic E-state index is 0.00842. The van der Waals surface area contributed by atoms with Crippen LogP contribution in [-0.2, 0) is 16.6 Å². The lowest BCUT2D eigenvalue weighted by Gasteiger charge is -2.08. The average molecular weight is 281 g/mol. The summed E-state index contributed by atoms with van der Waals surface area (Å²) < 4.78 is 28.2. The second-order valence-corrected chi connectivity index (χ2v) is 5.67. The molecule has 0 aliphatic carbocycles. The molecule has 0 bridgehead atoms. The SMILES string of the molecule is Nc1ccncc1S(=O)(=O)NCCCn1cccn1. The average Bonchev–Trinajstić information content (AvgIpc) is 2.88. The lowest BCUT2D eigenvalue weighted by molar-refractivity contribution is 0.553. The molecule has 2 heterocycles. The Morgan fingerprint density at radius 2 is 2.21 bits per heavy atom. The van der Waals surface area contributed by atoms with Crippen LogP contribution in [-0.4, -0.2) is 29.7 Å². The molecule has 0 spiro atoms. The predicted octanol–water partition coefficient (Wildman–Crippen LogP) is 0.229. The Morgan fingerprint density at radius 3 is 2.89 bits per heavy atom. The van der Waals surface area contributed by atoms with Crippen molar-refractivity contribution < 1.29 is 8.42 Å². The van der Waals surface area contributed by atoms with E-state index in [2.05, 4.69) is 14.8 Å². The van der Waals surface area contributed by atoms with E-state index in [4.69, 9.17) is 5.73 Å². The number of rotatable bonds is 6. The summed E-state index contributed by atoms with van der Waals surface area (Å²) >= 11 is 0. The number of hydrogen-bond donors (Lipinski definition) is 2. The zero-order chi connectivity index (χ0) is 13.7. The van der Waals surface area contributed by atoms with Crippen molar-refractivity contribution in [2.75, 3.05) is 12.3 Å². The smallest absolute Gasteiger partial charge is 0.244 e. The molecule has 0 amide bonds. The van der Waals surface area contributed by atoms with Crippen molar-refractivity contribution in [1.29, 1.82) is 0 Å². The molecule has 2 aromatic rings. The predicted molar refractivity (Wildman–Crippen MR) is 70.7 cm³/mol. The molecule has 0 fully saturated rings. The van der Waals surface area contributed by atoms with Gasteiger partial charge in [0, 0.05) is 37.9 Å². The summed E-state index contributed by atoms with van der Waals surface area (Å²) in [5.41, 5.74) is 5.80. The zero-order valence-corrected chi connectivity index (χ0v) is 11.0. The summed E-state index contributed by atoms with van der Waals surface area (Å²) in [6.45, 7) is 0.967. The van der Waals surface area contributed by atoms with Gasteiger partial charge in [-0.05, 0) is 18.6 Å². The Morgan fingerprint density at radius 1 is 1.37 bits per heavy atom. The molecule has 7 nitrogen and oxygen atoms in total. The van der Waals surface area contributed by atoms with Gasteiger partial charge in [-0.15, -0.1) is 0 Å². The summed E-state index contributed by atoms with van der Waals surface area (Å²) in [5, 5.41) is 4.03. The zero-order valence-electron chi connectivity index (χ0n) is 10.2. The first-order valence-corrected chi connectivity index (χ1v) is 7.24. The first-order chi connectivity index (χ1) is 9.09. The molecule has 0 aliphatic heterocycles. The fraction of sp³-hybridized carbons (Fsp3) is 0.273. The molecule has 2 aromatic heterocycles. The molecule has 19 heavy (non-hydrogen) atoms. The highest BCUT2D eigenvalue weighted by Crippen LogP contribution is 2.15. The molecular weight excluding hydrogens is 266 g/mol. The Hall–Kier alpha value is -1.93. The number of aryl methyl sites for hydroxylation is 1. The number of nitrogen functional groups attached to an aromatic ring is 1. The molecule has 0 unspecified atom stereocenters. The van der Waals surface area contributed by atoms with Gasteiger partial charge in [0.1, 0.15) is 4.90 Å². The number of nitrogens with one attached hydrogen (secondary N) is 1. The van der Waals surface area contributed by atoms with Gasteiger partial charge in [0.15, 0.2) is 0 Å². The number of aromatic nitrogens is 3. The van der Waals surface area contributed by atoms with E-state index in [-0.39, 0.29) is 10.6 Å². The van der Waals surface area contributed by atoms with Crippen LogP contribution >= 0.6 is 0 Å². The van der Waals surface area contributed by atoms with Crippen LogP contribution in [0.2, 0.25) is 0 Å². The largest absolute Gasteiger partial charge is 0.398 e. The highest BCUT2D eigenvalue weighted by atomic mass is 32.2. The van der Waals surface area contributed by atoms with Crippen molar-refractivity contribution in [2.24, 2.45) is 0 Å². The van der Waals surface area contributed by atoms with Crippen molar-refractivity contribution >= 4 is 15.7 Å². The maximum absolute atomic E-state index is 12.0. The Kier molecular flexibility index (Phi) is 4.13. The third-order valence-corrected chi connectivity index (χ3v) is 4.03.